The molecular formula is C15H25F3IN5O2S. The number of sulfone groups is 1. The first-order valence-electron chi connectivity index (χ1n) is 8.22. The SMILES string of the molecule is CCNC(=NCc1cn(C)nc1C(F)(F)F)N1CCS(=O)(=O)C(C)(C)C1.I. The minimum Gasteiger partial charge on any atom is -0.357 e. The molecule has 27 heavy (non-hydrogen) atoms. The molecule has 156 valence electrons. The monoisotopic (exact) mass is 523 g/mol. The zero-order valence-corrected chi connectivity index (χ0v) is 18.8. The molecule has 0 radical (unpaired) electrons. The average molecular weight is 523 g/mol. The Morgan fingerprint density at radius 1 is 1.41 bits per heavy atom. The number of aromatic nitrogens is 2. The summed E-state index contributed by atoms with van der Waals surface area (Å²) in [5.74, 6) is 0.373. The molecule has 0 atom stereocenters. The summed E-state index contributed by atoms with van der Waals surface area (Å²) in [4.78, 5) is 6.06. The number of rotatable bonds is 3. The topological polar surface area (TPSA) is 79.6 Å². The predicted molar refractivity (Wildman–Crippen MR) is 108 cm³/mol. The number of guanidine groups is 1. The van der Waals surface area contributed by atoms with Gasteiger partial charge in [-0.2, -0.15) is 18.3 Å². The van der Waals surface area contributed by atoms with Crippen molar-refractivity contribution >= 4 is 39.8 Å². The smallest absolute Gasteiger partial charge is 0.357 e. The summed E-state index contributed by atoms with van der Waals surface area (Å²) in [6, 6.07) is 0. The molecule has 2 heterocycles. The van der Waals surface area contributed by atoms with Crippen LogP contribution in [0.25, 0.3) is 0 Å². The third kappa shape index (κ3) is 5.48. The highest BCUT2D eigenvalue weighted by Gasteiger charge is 2.41. The lowest BCUT2D eigenvalue weighted by Crippen LogP contribution is -2.57. The van der Waals surface area contributed by atoms with Gasteiger partial charge < -0.3 is 10.2 Å². The summed E-state index contributed by atoms with van der Waals surface area (Å²) in [6.07, 6.45) is -3.26. The predicted octanol–water partition coefficient (Wildman–Crippen LogP) is 2.03. The average Bonchev–Trinajstić information content (AvgIpc) is 2.88. The van der Waals surface area contributed by atoms with E-state index in [0.29, 0.717) is 12.5 Å². The Bertz CT molecular complexity index is 790. The van der Waals surface area contributed by atoms with Crippen LogP contribution < -0.4 is 5.32 Å². The molecule has 1 fully saturated rings. The molecule has 0 spiro atoms. The zero-order valence-electron chi connectivity index (χ0n) is 15.7. The third-order valence-corrected chi connectivity index (χ3v) is 6.78. The van der Waals surface area contributed by atoms with Gasteiger partial charge >= 0.3 is 6.18 Å². The van der Waals surface area contributed by atoms with Crippen LogP contribution in [0.1, 0.15) is 32.0 Å². The van der Waals surface area contributed by atoms with E-state index < -0.39 is 26.5 Å². The van der Waals surface area contributed by atoms with Crippen LogP contribution in [-0.4, -0.2) is 59.2 Å². The minimum absolute atomic E-state index is 0. The second-order valence-electron chi connectivity index (χ2n) is 6.84. The van der Waals surface area contributed by atoms with Gasteiger partial charge in [0.1, 0.15) is 0 Å². The Labute approximate surface area is 174 Å². The molecule has 0 bridgehead atoms. The normalized spacial score (nSPS) is 19.5. The van der Waals surface area contributed by atoms with E-state index in [2.05, 4.69) is 15.4 Å². The molecule has 2 rings (SSSR count). The van der Waals surface area contributed by atoms with Gasteiger partial charge in [-0.15, -0.1) is 24.0 Å². The van der Waals surface area contributed by atoms with Gasteiger partial charge in [0.2, 0.25) is 0 Å². The molecule has 12 heteroatoms. The zero-order chi connectivity index (χ0) is 19.8. The Hall–Kier alpha value is -1.05. The number of nitrogens with one attached hydrogen (secondary N) is 1. The van der Waals surface area contributed by atoms with Crippen LogP contribution in [-0.2, 0) is 29.6 Å². The number of alkyl halides is 3. The van der Waals surface area contributed by atoms with E-state index in [1.165, 1.54) is 13.2 Å². The van der Waals surface area contributed by atoms with Gasteiger partial charge in [0, 0.05) is 38.4 Å². The molecule has 1 aromatic heterocycles. The van der Waals surface area contributed by atoms with Crippen LogP contribution in [0.2, 0.25) is 0 Å². The van der Waals surface area contributed by atoms with Gasteiger partial charge in [-0.25, -0.2) is 13.4 Å². The molecule has 0 unspecified atom stereocenters. The van der Waals surface area contributed by atoms with Gasteiger partial charge in [0.05, 0.1) is 17.0 Å². The molecule has 1 aromatic rings. The number of aliphatic imine (C=N–C) groups is 1. The maximum Gasteiger partial charge on any atom is 0.435 e. The lowest BCUT2D eigenvalue weighted by molar-refractivity contribution is -0.142. The van der Waals surface area contributed by atoms with E-state index >= 15 is 0 Å². The van der Waals surface area contributed by atoms with Gasteiger partial charge in [0.25, 0.3) is 0 Å². The van der Waals surface area contributed by atoms with Gasteiger partial charge in [-0.3, -0.25) is 4.68 Å². The Morgan fingerprint density at radius 3 is 2.56 bits per heavy atom. The lowest BCUT2D eigenvalue weighted by Gasteiger charge is -2.39. The van der Waals surface area contributed by atoms with Crippen molar-refractivity contribution < 1.29 is 21.6 Å². The van der Waals surface area contributed by atoms with E-state index in [4.69, 9.17) is 0 Å². The highest BCUT2D eigenvalue weighted by Crippen LogP contribution is 2.31. The van der Waals surface area contributed by atoms with Crippen molar-refractivity contribution in [3.05, 3.63) is 17.5 Å². The molecule has 0 saturated carbocycles. The molecule has 1 saturated heterocycles. The summed E-state index contributed by atoms with van der Waals surface area (Å²) >= 11 is 0. The van der Waals surface area contributed by atoms with Crippen LogP contribution in [0.4, 0.5) is 13.2 Å². The number of hydrogen-bond donors (Lipinski definition) is 1. The fraction of sp³-hybridized carbons (Fsp3) is 0.733. The highest BCUT2D eigenvalue weighted by atomic mass is 127. The molecule has 1 aliphatic rings. The maximum atomic E-state index is 13.1. The van der Waals surface area contributed by atoms with Crippen LogP contribution in [0.15, 0.2) is 11.2 Å². The first-order chi connectivity index (χ1) is 11.9. The quantitative estimate of drug-likeness (QED) is 0.373. The fourth-order valence-corrected chi connectivity index (χ4v) is 4.17. The third-order valence-electron chi connectivity index (χ3n) is 4.25. The van der Waals surface area contributed by atoms with Gasteiger partial charge in [-0.1, -0.05) is 0 Å². The van der Waals surface area contributed by atoms with E-state index in [-0.39, 0.29) is 54.9 Å². The van der Waals surface area contributed by atoms with Crippen LogP contribution in [0.5, 0.6) is 0 Å². The molecule has 0 aromatic carbocycles. The van der Waals surface area contributed by atoms with Gasteiger partial charge in [0.15, 0.2) is 21.5 Å². The lowest BCUT2D eigenvalue weighted by atomic mass is 10.2. The largest absolute Gasteiger partial charge is 0.435 e. The molecule has 0 amide bonds. The summed E-state index contributed by atoms with van der Waals surface area (Å²) in [5.41, 5.74) is -0.986. The molecule has 1 N–H and O–H groups in total. The van der Waals surface area contributed by atoms with Crippen molar-refractivity contribution in [3.8, 4) is 0 Å². The van der Waals surface area contributed by atoms with Crippen LogP contribution in [0, 0.1) is 0 Å². The van der Waals surface area contributed by atoms with E-state index in [1.54, 1.807) is 18.7 Å². The fourth-order valence-electron chi connectivity index (χ4n) is 2.80. The molecule has 1 aliphatic heterocycles. The summed E-state index contributed by atoms with van der Waals surface area (Å²) in [7, 11) is -1.80. The summed E-state index contributed by atoms with van der Waals surface area (Å²) in [5, 5.41) is 6.49. The van der Waals surface area contributed by atoms with E-state index in [1.807, 2.05) is 6.92 Å². The number of aryl methyl sites for hydroxylation is 1. The first-order valence-corrected chi connectivity index (χ1v) is 9.88. The summed E-state index contributed by atoms with van der Waals surface area (Å²) in [6.45, 7) is 5.90. The Morgan fingerprint density at radius 2 is 2.04 bits per heavy atom. The summed E-state index contributed by atoms with van der Waals surface area (Å²) < 4.78 is 63.6. The Balaban J connectivity index is 0.00000364. The molecular weight excluding hydrogens is 498 g/mol. The highest BCUT2D eigenvalue weighted by molar-refractivity contribution is 14.0. The Kier molecular flexibility index (Phi) is 7.58. The van der Waals surface area contributed by atoms with Crippen molar-refractivity contribution in [1.82, 2.24) is 20.0 Å². The van der Waals surface area contributed by atoms with Crippen LogP contribution in [0.3, 0.4) is 0 Å². The standard InChI is InChI=1S/C15H24F3N5O2S.HI/c1-5-19-13(23-6-7-26(24,25)14(2,3)10-23)20-8-11-9-22(4)21-12(11)15(16,17)18;/h9H,5-8,10H2,1-4H3,(H,19,20);1H. The number of halogens is 4. The van der Waals surface area contributed by atoms with Crippen LogP contribution >= 0.6 is 24.0 Å². The van der Waals surface area contributed by atoms with Crippen molar-refractivity contribution in [2.24, 2.45) is 12.0 Å². The molecule has 0 aliphatic carbocycles. The number of hydrogen-bond acceptors (Lipinski definition) is 4. The van der Waals surface area contributed by atoms with E-state index in [0.717, 1.165) is 4.68 Å². The molecule has 7 nitrogen and oxygen atoms in total. The second-order valence-corrected chi connectivity index (χ2v) is 9.59. The van der Waals surface area contributed by atoms with Gasteiger partial charge in [-0.05, 0) is 20.8 Å². The van der Waals surface area contributed by atoms with Crippen molar-refractivity contribution in [2.75, 3.05) is 25.4 Å². The first kappa shape index (κ1) is 24.0. The van der Waals surface area contributed by atoms with Crippen molar-refractivity contribution in [2.45, 2.75) is 38.2 Å². The van der Waals surface area contributed by atoms with E-state index in [9.17, 15) is 21.6 Å². The number of nitrogens with zero attached hydrogens (tertiary/aromatic N) is 4. The van der Waals surface area contributed by atoms with Crippen molar-refractivity contribution in [1.29, 1.82) is 0 Å². The second kappa shape index (κ2) is 8.53. The minimum atomic E-state index is -4.55. The van der Waals surface area contributed by atoms with Crippen molar-refractivity contribution in [3.63, 3.8) is 0 Å². The maximum absolute atomic E-state index is 13.1.